The summed E-state index contributed by atoms with van der Waals surface area (Å²) in [7, 11) is 0. The van der Waals surface area contributed by atoms with Crippen molar-refractivity contribution in [2.45, 2.75) is 46.3 Å². The molecule has 146 valence electrons. The van der Waals surface area contributed by atoms with Crippen molar-refractivity contribution >= 4 is 5.69 Å². The minimum atomic E-state index is -0.0556. The minimum absolute atomic E-state index is 0.0556. The van der Waals surface area contributed by atoms with E-state index in [4.69, 9.17) is 10.7 Å². The Hall–Kier alpha value is -2.93. The van der Waals surface area contributed by atoms with Crippen LogP contribution < -0.4 is 11.3 Å². The highest BCUT2D eigenvalue weighted by Crippen LogP contribution is 2.21. The summed E-state index contributed by atoms with van der Waals surface area (Å²) in [6, 6.07) is 7.40. The van der Waals surface area contributed by atoms with Crippen LogP contribution in [0.4, 0.5) is 5.69 Å². The van der Waals surface area contributed by atoms with E-state index in [0.717, 1.165) is 55.0 Å². The highest BCUT2D eigenvalue weighted by Gasteiger charge is 2.22. The molecule has 3 N–H and O–H groups in total. The largest absolute Gasteiger partial charge is 0.399 e. The van der Waals surface area contributed by atoms with Crippen molar-refractivity contribution in [1.82, 2.24) is 24.6 Å². The van der Waals surface area contributed by atoms with Crippen LogP contribution in [-0.4, -0.2) is 31.2 Å². The number of aryl methyl sites for hydroxylation is 2. The maximum atomic E-state index is 12.7. The molecular formula is C21H26N6O. The molecule has 0 bridgehead atoms. The molecule has 0 saturated heterocycles. The second-order valence-electron chi connectivity index (χ2n) is 7.43. The second-order valence-corrected chi connectivity index (χ2v) is 7.43. The molecule has 1 aromatic carbocycles. The van der Waals surface area contributed by atoms with Crippen LogP contribution in [0, 0.1) is 6.92 Å². The second kappa shape index (κ2) is 7.59. The maximum absolute atomic E-state index is 12.7. The van der Waals surface area contributed by atoms with Crippen LogP contribution in [0.3, 0.4) is 0 Å². The lowest BCUT2D eigenvalue weighted by molar-refractivity contribution is 0.241. The van der Waals surface area contributed by atoms with E-state index in [2.05, 4.69) is 28.1 Å². The Morgan fingerprint density at radius 3 is 2.79 bits per heavy atom. The Labute approximate surface area is 164 Å². The van der Waals surface area contributed by atoms with Crippen LogP contribution >= 0.6 is 0 Å². The predicted molar refractivity (Wildman–Crippen MR) is 110 cm³/mol. The Balaban J connectivity index is 1.54. The van der Waals surface area contributed by atoms with Gasteiger partial charge in [-0.05, 0) is 37.6 Å². The fourth-order valence-electron chi connectivity index (χ4n) is 3.69. The fourth-order valence-corrected chi connectivity index (χ4v) is 3.69. The van der Waals surface area contributed by atoms with Gasteiger partial charge in [0.2, 0.25) is 0 Å². The minimum Gasteiger partial charge on any atom is -0.399 e. The van der Waals surface area contributed by atoms with Crippen LogP contribution in [0.5, 0.6) is 0 Å². The topological polar surface area (TPSA) is 92.8 Å². The van der Waals surface area contributed by atoms with Crippen LogP contribution in [0.15, 0.2) is 35.3 Å². The van der Waals surface area contributed by atoms with Crippen molar-refractivity contribution in [3.8, 4) is 11.4 Å². The summed E-state index contributed by atoms with van der Waals surface area (Å²) in [5, 5.41) is 4.58. The van der Waals surface area contributed by atoms with Gasteiger partial charge in [-0.2, -0.15) is 5.10 Å². The van der Waals surface area contributed by atoms with Crippen molar-refractivity contribution in [2.75, 3.05) is 12.3 Å². The van der Waals surface area contributed by atoms with Gasteiger partial charge in [0, 0.05) is 55.6 Å². The van der Waals surface area contributed by atoms with E-state index in [0.29, 0.717) is 18.1 Å². The highest BCUT2D eigenvalue weighted by molar-refractivity contribution is 5.58. The van der Waals surface area contributed by atoms with E-state index in [-0.39, 0.29) is 5.56 Å². The average molecular weight is 378 g/mol. The van der Waals surface area contributed by atoms with Gasteiger partial charge >= 0.3 is 0 Å². The van der Waals surface area contributed by atoms with Crippen molar-refractivity contribution in [2.24, 2.45) is 0 Å². The number of nitrogens with zero attached hydrogens (tertiary/aromatic N) is 4. The molecule has 4 rings (SSSR count). The molecule has 3 aromatic rings. The first-order valence-corrected chi connectivity index (χ1v) is 9.76. The normalized spacial score (nSPS) is 14.2. The lowest BCUT2D eigenvalue weighted by atomic mass is 10.1. The fraction of sp³-hybridized carbons (Fsp3) is 0.381. The van der Waals surface area contributed by atoms with Gasteiger partial charge in [0.1, 0.15) is 5.82 Å². The Morgan fingerprint density at radius 2 is 2.04 bits per heavy atom. The number of hydrogen-bond acceptors (Lipinski definition) is 5. The maximum Gasteiger partial charge on any atom is 0.255 e. The highest BCUT2D eigenvalue weighted by atomic mass is 16.1. The van der Waals surface area contributed by atoms with E-state index in [1.54, 1.807) is 0 Å². The molecule has 0 atom stereocenters. The molecular weight excluding hydrogens is 352 g/mol. The Morgan fingerprint density at radius 1 is 1.25 bits per heavy atom. The quantitative estimate of drug-likeness (QED) is 0.666. The molecule has 7 heteroatoms. The molecule has 0 spiro atoms. The summed E-state index contributed by atoms with van der Waals surface area (Å²) in [5.74, 6) is 0.605. The summed E-state index contributed by atoms with van der Waals surface area (Å²) >= 11 is 0. The van der Waals surface area contributed by atoms with Crippen LogP contribution in [-0.2, 0) is 26.1 Å². The van der Waals surface area contributed by atoms with Crippen molar-refractivity contribution in [1.29, 1.82) is 0 Å². The molecule has 1 aliphatic rings. The number of nitrogens with one attached hydrogen (secondary N) is 1. The summed E-state index contributed by atoms with van der Waals surface area (Å²) in [4.78, 5) is 22.7. The summed E-state index contributed by atoms with van der Waals surface area (Å²) in [6.45, 7) is 7.42. The summed E-state index contributed by atoms with van der Waals surface area (Å²) in [6.07, 6.45) is 3.96. The zero-order valence-corrected chi connectivity index (χ0v) is 16.4. The average Bonchev–Trinajstić information content (AvgIpc) is 3.02. The van der Waals surface area contributed by atoms with Crippen molar-refractivity contribution in [3.63, 3.8) is 0 Å². The standard InChI is InChI=1S/C21H26N6O/c1-3-9-27-12-16(14(2)25-27)11-26-10-8-19-18(13-26)21(28)24-20(23-19)15-4-6-17(22)7-5-15/h4-7,12H,3,8-11,13,22H2,1-2H3,(H,23,24,28). The number of aromatic nitrogens is 4. The monoisotopic (exact) mass is 378 g/mol. The third-order valence-electron chi connectivity index (χ3n) is 5.23. The molecule has 0 unspecified atom stereocenters. The third kappa shape index (κ3) is 3.71. The summed E-state index contributed by atoms with van der Waals surface area (Å²) < 4.78 is 2.01. The van der Waals surface area contributed by atoms with E-state index in [1.165, 1.54) is 5.56 Å². The number of H-pyrrole nitrogens is 1. The van der Waals surface area contributed by atoms with Gasteiger partial charge in [-0.3, -0.25) is 14.4 Å². The number of aromatic amines is 1. The number of rotatable bonds is 5. The third-order valence-corrected chi connectivity index (χ3v) is 5.23. The Bertz CT molecular complexity index is 1030. The molecule has 7 nitrogen and oxygen atoms in total. The van der Waals surface area contributed by atoms with Gasteiger partial charge in [0.15, 0.2) is 0 Å². The Kier molecular flexibility index (Phi) is 5.00. The van der Waals surface area contributed by atoms with Gasteiger partial charge < -0.3 is 10.7 Å². The first-order chi connectivity index (χ1) is 13.5. The van der Waals surface area contributed by atoms with Gasteiger partial charge in [-0.15, -0.1) is 0 Å². The van der Waals surface area contributed by atoms with Gasteiger partial charge in [-0.1, -0.05) is 6.92 Å². The SMILES string of the molecule is CCCn1cc(CN2CCc3nc(-c4ccc(N)cc4)[nH]c(=O)c3C2)c(C)n1. The van der Waals surface area contributed by atoms with Crippen LogP contribution in [0.1, 0.15) is 35.9 Å². The zero-order chi connectivity index (χ0) is 19.7. The predicted octanol–water partition coefficient (Wildman–Crippen LogP) is 2.49. The first kappa shape index (κ1) is 18.4. The number of fused-ring (bicyclic) bond motifs is 1. The van der Waals surface area contributed by atoms with Gasteiger partial charge in [0.05, 0.1) is 17.0 Å². The van der Waals surface area contributed by atoms with E-state index in [1.807, 2.05) is 35.9 Å². The van der Waals surface area contributed by atoms with Crippen LogP contribution in [0.2, 0.25) is 0 Å². The van der Waals surface area contributed by atoms with Gasteiger partial charge in [0.25, 0.3) is 5.56 Å². The van der Waals surface area contributed by atoms with Crippen molar-refractivity contribution in [3.05, 3.63) is 63.3 Å². The molecule has 3 heterocycles. The molecule has 0 amide bonds. The van der Waals surface area contributed by atoms with Gasteiger partial charge in [-0.25, -0.2) is 4.98 Å². The van der Waals surface area contributed by atoms with E-state index >= 15 is 0 Å². The molecule has 1 aliphatic heterocycles. The first-order valence-electron chi connectivity index (χ1n) is 9.76. The molecule has 0 radical (unpaired) electrons. The molecule has 0 fully saturated rings. The molecule has 28 heavy (non-hydrogen) atoms. The molecule has 0 aliphatic carbocycles. The summed E-state index contributed by atoms with van der Waals surface area (Å²) in [5.41, 5.74) is 11.2. The van der Waals surface area contributed by atoms with Crippen molar-refractivity contribution < 1.29 is 0 Å². The lowest BCUT2D eigenvalue weighted by Crippen LogP contribution is -2.35. The number of hydrogen-bond donors (Lipinski definition) is 2. The smallest absolute Gasteiger partial charge is 0.255 e. The van der Waals surface area contributed by atoms with E-state index in [9.17, 15) is 4.79 Å². The number of anilines is 1. The number of benzene rings is 1. The molecule has 2 aromatic heterocycles. The number of nitrogen functional groups attached to an aromatic ring is 1. The van der Waals surface area contributed by atoms with Crippen LogP contribution in [0.25, 0.3) is 11.4 Å². The van der Waals surface area contributed by atoms with E-state index < -0.39 is 0 Å². The zero-order valence-electron chi connectivity index (χ0n) is 16.4. The lowest BCUT2D eigenvalue weighted by Gasteiger charge is -2.27. The number of nitrogens with two attached hydrogens (primary N) is 1. The molecule has 0 saturated carbocycles.